The Balaban J connectivity index is 3.31. The predicted octanol–water partition coefficient (Wildman–Crippen LogP) is 3.27. The number of halogens is 3. The van der Waals surface area contributed by atoms with Gasteiger partial charge in [-0.05, 0) is 31.5 Å². The van der Waals surface area contributed by atoms with Crippen molar-refractivity contribution in [1.29, 1.82) is 0 Å². The molecule has 0 fully saturated rings. The molecular weight excluding hydrogens is 193 g/mol. The fraction of sp³-hybridized carbons (Fsp3) is 0.300. The first-order valence-corrected chi connectivity index (χ1v) is 4.02. The third-order valence-corrected chi connectivity index (χ3v) is 1.97. The van der Waals surface area contributed by atoms with Crippen molar-refractivity contribution in [2.45, 2.75) is 20.3 Å². The van der Waals surface area contributed by atoms with Gasteiger partial charge in [0, 0.05) is 5.56 Å². The van der Waals surface area contributed by atoms with E-state index in [-0.39, 0.29) is 16.7 Å². The second kappa shape index (κ2) is 3.82. The molecule has 0 aliphatic carbocycles. The molecule has 0 amide bonds. The Kier molecular flexibility index (Phi) is 2.93. The van der Waals surface area contributed by atoms with Gasteiger partial charge in [0.2, 0.25) is 0 Å². The molecule has 1 aromatic rings. The molecule has 0 saturated carbocycles. The van der Waals surface area contributed by atoms with Gasteiger partial charge in [0.25, 0.3) is 6.43 Å². The Morgan fingerprint density at radius 2 is 1.93 bits per heavy atom. The molecule has 1 aromatic carbocycles. The number of hydrogen-bond donors (Lipinski definition) is 0. The van der Waals surface area contributed by atoms with Gasteiger partial charge in [-0.15, -0.1) is 0 Å². The highest BCUT2D eigenvalue weighted by Gasteiger charge is 2.16. The summed E-state index contributed by atoms with van der Waals surface area (Å²) < 4.78 is 37.7. The van der Waals surface area contributed by atoms with Gasteiger partial charge in [-0.3, -0.25) is 4.79 Å². The number of Topliss-reactive ketones (excluding diaryl/α,β-unsaturated/α-hetero) is 1. The Morgan fingerprint density at radius 3 is 2.36 bits per heavy atom. The normalized spacial score (nSPS) is 10.7. The topological polar surface area (TPSA) is 17.1 Å². The molecule has 76 valence electrons. The smallest absolute Gasteiger partial charge is 0.264 e. The number of benzene rings is 1. The van der Waals surface area contributed by atoms with Crippen molar-refractivity contribution in [1.82, 2.24) is 0 Å². The van der Waals surface area contributed by atoms with E-state index in [1.165, 1.54) is 13.8 Å². The van der Waals surface area contributed by atoms with Gasteiger partial charge in [0.15, 0.2) is 5.78 Å². The summed E-state index contributed by atoms with van der Waals surface area (Å²) in [6, 6.07) is 1.87. The Bertz CT molecular complexity index is 372. The van der Waals surface area contributed by atoms with Crippen LogP contribution in [0.3, 0.4) is 0 Å². The second-order valence-corrected chi connectivity index (χ2v) is 3.05. The van der Waals surface area contributed by atoms with Crippen LogP contribution in [0, 0.1) is 12.7 Å². The van der Waals surface area contributed by atoms with Gasteiger partial charge in [-0.1, -0.05) is 0 Å². The van der Waals surface area contributed by atoms with Crippen molar-refractivity contribution < 1.29 is 18.0 Å². The van der Waals surface area contributed by atoms with Crippen LogP contribution in [-0.4, -0.2) is 5.78 Å². The zero-order valence-corrected chi connectivity index (χ0v) is 7.77. The van der Waals surface area contributed by atoms with Crippen molar-refractivity contribution in [3.63, 3.8) is 0 Å². The van der Waals surface area contributed by atoms with Gasteiger partial charge in [-0.2, -0.15) is 0 Å². The van der Waals surface area contributed by atoms with Crippen molar-refractivity contribution in [3.05, 3.63) is 34.6 Å². The van der Waals surface area contributed by atoms with E-state index in [1.807, 2.05) is 0 Å². The first-order chi connectivity index (χ1) is 6.43. The quantitative estimate of drug-likeness (QED) is 0.672. The molecule has 0 atom stereocenters. The van der Waals surface area contributed by atoms with Crippen LogP contribution in [0.4, 0.5) is 13.2 Å². The summed E-state index contributed by atoms with van der Waals surface area (Å²) in [7, 11) is 0. The van der Waals surface area contributed by atoms with E-state index in [0.717, 1.165) is 12.1 Å². The molecule has 0 N–H and O–H groups in total. The Labute approximate surface area is 79.5 Å². The lowest BCUT2D eigenvalue weighted by molar-refractivity contribution is 0.101. The van der Waals surface area contributed by atoms with Crippen molar-refractivity contribution in [3.8, 4) is 0 Å². The molecule has 0 spiro atoms. The van der Waals surface area contributed by atoms with E-state index in [0.29, 0.717) is 0 Å². The number of rotatable bonds is 2. The van der Waals surface area contributed by atoms with Crippen LogP contribution in [0.25, 0.3) is 0 Å². The lowest BCUT2D eigenvalue weighted by atomic mass is 10.0. The van der Waals surface area contributed by atoms with E-state index in [2.05, 4.69) is 0 Å². The summed E-state index contributed by atoms with van der Waals surface area (Å²) >= 11 is 0. The molecule has 0 aliphatic heterocycles. The maximum atomic E-state index is 13.1. The number of aryl methyl sites for hydroxylation is 1. The van der Waals surface area contributed by atoms with Gasteiger partial charge < -0.3 is 0 Å². The highest BCUT2D eigenvalue weighted by molar-refractivity contribution is 5.94. The largest absolute Gasteiger partial charge is 0.294 e. The number of carbonyl (C=O) groups excluding carboxylic acids is 1. The monoisotopic (exact) mass is 202 g/mol. The number of alkyl halides is 2. The Hall–Kier alpha value is -1.32. The molecule has 1 nitrogen and oxygen atoms in total. The summed E-state index contributed by atoms with van der Waals surface area (Å²) in [5.74, 6) is -1.36. The van der Waals surface area contributed by atoms with E-state index >= 15 is 0 Å². The van der Waals surface area contributed by atoms with Crippen LogP contribution in [0.5, 0.6) is 0 Å². The van der Waals surface area contributed by atoms with Gasteiger partial charge in [0.05, 0.1) is 5.56 Å². The SMILES string of the molecule is CC(=O)c1cc(C)c(C(F)F)cc1F. The van der Waals surface area contributed by atoms with Gasteiger partial charge in [0.1, 0.15) is 5.82 Å². The average Bonchev–Trinajstić information content (AvgIpc) is 2.07. The number of carbonyl (C=O) groups is 1. The molecule has 14 heavy (non-hydrogen) atoms. The lowest BCUT2D eigenvalue weighted by Gasteiger charge is -2.07. The molecule has 0 heterocycles. The first-order valence-electron chi connectivity index (χ1n) is 4.02. The van der Waals surface area contributed by atoms with Gasteiger partial charge >= 0.3 is 0 Å². The van der Waals surface area contributed by atoms with E-state index in [4.69, 9.17) is 0 Å². The molecule has 1 rings (SSSR count). The summed E-state index contributed by atoms with van der Waals surface area (Å²) in [6.45, 7) is 2.62. The third kappa shape index (κ3) is 1.95. The number of ketones is 1. The summed E-state index contributed by atoms with van der Waals surface area (Å²) in [5.41, 5.74) is -0.286. The summed E-state index contributed by atoms with van der Waals surface area (Å²) in [4.78, 5) is 10.9. The molecular formula is C10H9F3O. The summed E-state index contributed by atoms with van der Waals surface area (Å²) in [5, 5.41) is 0. The highest BCUT2D eigenvalue weighted by Crippen LogP contribution is 2.25. The van der Waals surface area contributed by atoms with Crippen molar-refractivity contribution in [2.75, 3.05) is 0 Å². The highest BCUT2D eigenvalue weighted by atomic mass is 19.3. The minimum atomic E-state index is -2.72. The minimum Gasteiger partial charge on any atom is -0.294 e. The van der Waals surface area contributed by atoms with E-state index in [1.54, 1.807) is 0 Å². The predicted molar refractivity (Wildman–Crippen MR) is 46.1 cm³/mol. The van der Waals surface area contributed by atoms with Crippen LogP contribution in [-0.2, 0) is 0 Å². The van der Waals surface area contributed by atoms with Crippen molar-refractivity contribution in [2.24, 2.45) is 0 Å². The maximum absolute atomic E-state index is 13.1. The maximum Gasteiger partial charge on any atom is 0.264 e. The zero-order valence-electron chi connectivity index (χ0n) is 7.77. The first kappa shape index (κ1) is 10.8. The average molecular weight is 202 g/mol. The Morgan fingerprint density at radius 1 is 1.36 bits per heavy atom. The van der Waals surface area contributed by atoms with Gasteiger partial charge in [-0.25, -0.2) is 13.2 Å². The third-order valence-electron chi connectivity index (χ3n) is 1.97. The van der Waals surface area contributed by atoms with Crippen LogP contribution >= 0.6 is 0 Å². The second-order valence-electron chi connectivity index (χ2n) is 3.05. The molecule has 0 saturated heterocycles. The zero-order chi connectivity index (χ0) is 10.9. The van der Waals surface area contributed by atoms with Crippen LogP contribution < -0.4 is 0 Å². The van der Waals surface area contributed by atoms with E-state index in [9.17, 15) is 18.0 Å². The fourth-order valence-electron chi connectivity index (χ4n) is 1.20. The minimum absolute atomic E-state index is 0.146. The van der Waals surface area contributed by atoms with E-state index < -0.39 is 18.0 Å². The lowest BCUT2D eigenvalue weighted by Crippen LogP contribution is -2.01. The van der Waals surface area contributed by atoms with Crippen LogP contribution in [0.1, 0.15) is 34.8 Å². The van der Waals surface area contributed by atoms with Crippen molar-refractivity contribution >= 4 is 5.78 Å². The summed E-state index contributed by atoms with van der Waals surface area (Å²) in [6.07, 6.45) is -2.72. The molecule has 0 unspecified atom stereocenters. The standard InChI is InChI=1S/C10H9F3O/c1-5-3-8(6(2)14)9(11)4-7(5)10(12)13/h3-4,10H,1-2H3. The number of hydrogen-bond acceptors (Lipinski definition) is 1. The molecule has 0 aliphatic rings. The molecule has 0 aromatic heterocycles. The van der Waals surface area contributed by atoms with Crippen LogP contribution in [0.15, 0.2) is 12.1 Å². The molecule has 0 radical (unpaired) electrons. The fourth-order valence-corrected chi connectivity index (χ4v) is 1.20. The molecule has 0 bridgehead atoms. The molecule has 4 heteroatoms. The van der Waals surface area contributed by atoms with Crippen LogP contribution in [0.2, 0.25) is 0 Å².